The number of aromatic nitrogens is 2. The van der Waals surface area contributed by atoms with Crippen molar-refractivity contribution in [2.75, 3.05) is 5.32 Å². The van der Waals surface area contributed by atoms with Gasteiger partial charge in [-0.2, -0.15) is 5.26 Å². The number of aromatic carboxylic acids is 1. The number of hydrogen-bond acceptors (Lipinski definition) is 6. The number of benzene rings is 1. The fraction of sp³-hybridized carbons (Fsp3) is 0.0556. The molecule has 0 aliphatic heterocycles. The Kier molecular flexibility index (Phi) is 4.73. The second kappa shape index (κ2) is 7.13. The Balaban J connectivity index is 1.94. The van der Waals surface area contributed by atoms with Crippen LogP contribution in [-0.2, 0) is 0 Å². The number of thiophene rings is 1. The van der Waals surface area contributed by atoms with Crippen LogP contribution in [0.25, 0.3) is 11.1 Å². The smallest absolute Gasteiger partial charge is 0.356 e. The zero-order valence-electron chi connectivity index (χ0n) is 13.6. The lowest BCUT2D eigenvalue weighted by atomic mass is 10.0. The number of carbonyl (C=O) groups is 2. The third kappa shape index (κ3) is 3.29. The largest absolute Gasteiger partial charge is 0.476 e. The summed E-state index contributed by atoms with van der Waals surface area (Å²) in [5.41, 5.74) is 2.21. The zero-order chi connectivity index (χ0) is 18.7. The Bertz CT molecular complexity index is 1040. The first kappa shape index (κ1) is 17.3. The zero-order valence-corrected chi connectivity index (χ0v) is 14.4. The molecule has 0 aliphatic rings. The molecule has 0 fully saturated rings. The highest BCUT2D eigenvalue weighted by molar-refractivity contribution is 7.15. The van der Waals surface area contributed by atoms with E-state index in [2.05, 4.69) is 21.4 Å². The van der Waals surface area contributed by atoms with Gasteiger partial charge >= 0.3 is 5.97 Å². The maximum absolute atomic E-state index is 12.4. The van der Waals surface area contributed by atoms with Crippen molar-refractivity contribution in [3.05, 3.63) is 64.6 Å². The number of rotatable bonds is 4. The summed E-state index contributed by atoms with van der Waals surface area (Å²) < 4.78 is 0. The van der Waals surface area contributed by atoms with E-state index in [4.69, 9.17) is 5.11 Å². The minimum absolute atomic E-state index is 0.311. The van der Waals surface area contributed by atoms with Crippen LogP contribution in [0.4, 0.5) is 5.00 Å². The predicted octanol–water partition coefficient (Wildman–Crippen LogP) is 3.34. The molecule has 128 valence electrons. The number of amides is 1. The molecule has 8 heteroatoms. The van der Waals surface area contributed by atoms with Crippen molar-refractivity contribution in [2.45, 2.75) is 6.92 Å². The van der Waals surface area contributed by atoms with Gasteiger partial charge in [-0.3, -0.25) is 4.79 Å². The number of nitrogens with one attached hydrogen (secondary N) is 1. The summed E-state index contributed by atoms with van der Waals surface area (Å²) in [7, 11) is 0. The van der Waals surface area contributed by atoms with Gasteiger partial charge in [0.05, 0.1) is 5.56 Å². The summed E-state index contributed by atoms with van der Waals surface area (Å²) in [6.07, 6.45) is 2.43. The van der Waals surface area contributed by atoms with E-state index in [0.29, 0.717) is 16.1 Å². The first-order valence-electron chi connectivity index (χ1n) is 7.45. The Hall–Kier alpha value is -3.57. The molecule has 0 saturated heterocycles. The van der Waals surface area contributed by atoms with E-state index in [1.807, 2.05) is 31.2 Å². The SMILES string of the molecule is Cc1ccc(-c2csc(NC(=O)c3nccnc3C(=O)O)c2C#N)cc1. The number of carboxylic acids is 1. The van der Waals surface area contributed by atoms with Crippen LogP contribution >= 0.6 is 11.3 Å². The number of carbonyl (C=O) groups excluding carboxylic acids is 1. The number of aryl methyl sites for hydroxylation is 1. The quantitative estimate of drug-likeness (QED) is 0.733. The van der Waals surface area contributed by atoms with Crippen LogP contribution in [0.5, 0.6) is 0 Å². The fourth-order valence-electron chi connectivity index (χ4n) is 2.33. The van der Waals surface area contributed by atoms with Gasteiger partial charge in [-0.25, -0.2) is 14.8 Å². The molecule has 0 aliphatic carbocycles. The van der Waals surface area contributed by atoms with Crippen LogP contribution in [0.15, 0.2) is 42.0 Å². The summed E-state index contributed by atoms with van der Waals surface area (Å²) in [5, 5.41) is 23.3. The Morgan fingerprint density at radius 2 is 1.81 bits per heavy atom. The summed E-state index contributed by atoms with van der Waals surface area (Å²) >= 11 is 1.19. The molecular weight excluding hydrogens is 352 g/mol. The molecule has 2 heterocycles. The normalized spacial score (nSPS) is 10.2. The lowest BCUT2D eigenvalue weighted by Crippen LogP contribution is -2.19. The minimum atomic E-state index is -1.35. The summed E-state index contributed by atoms with van der Waals surface area (Å²) in [4.78, 5) is 31.1. The third-order valence-electron chi connectivity index (χ3n) is 3.61. The maximum Gasteiger partial charge on any atom is 0.356 e. The lowest BCUT2D eigenvalue weighted by Gasteiger charge is -2.05. The molecule has 1 amide bonds. The van der Waals surface area contributed by atoms with Gasteiger partial charge in [-0.05, 0) is 12.5 Å². The summed E-state index contributed by atoms with van der Waals surface area (Å²) in [6.45, 7) is 1.97. The van der Waals surface area contributed by atoms with Gasteiger partial charge in [0.1, 0.15) is 11.1 Å². The minimum Gasteiger partial charge on any atom is -0.476 e. The Morgan fingerprint density at radius 3 is 2.42 bits per heavy atom. The van der Waals surface area contributed by atoms with Gasteiger partial charge in [0.15, 0.2) is 11.4 Å². The molecule has 0 unspecified atom stereocenters. The van der Waals surface area contributed by atoms with E-state index in [1.54, 1.807) is 5.38 Å². The topological polar surface area (TPSA) is 116 Å². The monoisotopic (exact) mass is 364 g/mol. The lowest BCUT2D eigenvalue weighted by molar-refractivity contribution is 0.0685. The van der Waals surface area contributed by atoms with Crippen molar-refractivity contribution < 1.29 is 14.7 Å². The molecule has 3 aromatic rings. The van der Waals surface area contributed by atoms with Gasteiger partial charge in [-0.1, -0.05) is 29.8 Å². The molecule has 0 atom stereocenters. The molecule has 0 saturated carbocycles. The maximum atomic E-state index is 12.4. The van der Waals surface area contributed by atoms with Crippen molar-refractivity contribution in [3.63, 3.8) is 0 Å². The molecule has 3 rings (SSSR count). The van der Waals surface area contributed by atoms with Crippen LogP contribution < -0.4 is 5.32 Å². The highest BCUT2D eigenvalue weighted by Gasteiger charge is 2.22. The van der Waals surface area contributed by atoms with Crippen LogP contribution in [-0.4, -0.2) is 27.0 Å². The second-order valence-electron chi connectivity index (χ2n) is 5.34. The van der Waals surface area contributed by atoms with Gasteiger partial charge in [-0.15, -0.1) is 11.3 Å². The molecule has 2 aromatic heterocycles. The third-order valence-corrected chi connectivity index (χ3v) is 4.50. The molecule has 26 heavy (non-hydrogen) atoms. The summed E-state index contributed by atoms with van der Waals surface area (Å²) in [5.74, 6) is -2.08. The van der Waals surface area contributed by atoms with E-state index >= 15 is 0 Å². The fourth-order valence-corrected chi connectivity index (χ4v) is 3.24. The molecule has 0 bridgehead atoms. The van der Waals surface area contributed by atoms with E-state index in [9.17, 15) is 14.9 Å². The number of anilines is 1. The molecule has 2 N–H and O–H groups in total. The Labute approximate surface area is 152 Å². The highest BCUT2D eigenvalue weighted by atomic mass is 32.1. The number of nitriles is 1. The van der Waals surface area contributed by atoms with Crippen molar-refractivity contribution in [1.29, 1.82) is 5.26 Å². The molecular formula is C18H12N4O3S. The summed E-state index contributed by atoms with van der Waals surface area (Å²) in [6, 6.07) is 9.76. The number of carboxylic acid groups (broad SMARTS) is 1. The van der Waals surface area contributed by atoms with Crippen LogP contribution in [0.1, 0.15) is 32.1 Å². The van der Waals surface area contributed by atoms with Gasteiger partial charge in [0.25, 0.3) is 5.91 Å². The van der Waals surface area contributed by atoms with Gasteiger partial charge in [0, 0.05) is 23.3 Å². The molecule has 7 nitrogen and oxygen atoms in total. The highest BCUT2D eigenvalue weighted by Crippen LogP contribution is 2.35. The second-order valence-corrected chi connectivity index (χ2v) is 6.22. The van der Waals surface area contributed by atoms with Crippen LogP contribution in [0.3, 0.4) is 0 Å². The van der Waals surface area contributed by atoms with E-state index in [1.165, 1.54) is 23.7 Å². The van der Waals surface area contributed by atoms with Crippen molar-refractivity contribution in [1.82, 2.24) is 9.97 Å². The van der Waals surface area contributed by atoms with Crippen molar-refractivity contribution >= 4 is 28.2 Å². The van der Waals surface area contributed by atoms with Gasteiger partial charge in [0.2, 0.25) is 0 Å². The van der Waals surface area contributed by atoms with E-state index < -0.39 is 17.6 Å². The standard InChI is InChI=1S/C18H12N4O3S/c1-10-2-4-11(5-3-10)13-9-26-17(12(13)8-19)22-16(23)14-15(18(24)25)21-7-6-20-14/h2-7,9H,1H3,(H,22,23)(H,24,25). The first-order chi connectivity index (χ1) is 12.5. The molecule has 1 aromatic carbocycles. The average Bonchev–Trinajstić information content (AvgIpc) is 3.04. The Morgan fingerprint density at radius 1 is 1.15 bits per heavy atom. The molecule has 0 radical (unpaired) electrons. The number of nitrogens with zero attached hydrogens (tertiary/aromatic N) is 3. The van der Waals surface area contributed by atoms with Gasteiger partial charge < -0.3 is 10.4 Å². The predicted molar refractivity (Wildman–Crippen MR) is 96.2 cm³/mol. The van der Waals surface area contributed by atoms with E-state index in [0.717, 1.165) is 11.1 Å². The van der Waals surface area contributed by atoms with Crippen molar-refractivity contribution in [2.24, 2.45) is 0 Å². The van der Waals surface area contributed by atoms with Crippen molar-refractivity contribution in [3.8, 4) is 17.2 Å². The average molecular weight is 364 g/mol. The van der Waals surface area contributed by atoms with Crippen LogP contribution in [0.2, 0.25) is 0 Å². The molecule has 0 spiro atoms. The van der Waals surface area contributed by atoms with Crippen LogP contribution in [0, 0.1) is 18.3 Å². The first-order valence-corrected chi connectivity index (χ1v) is 8.33. The van der Waals surface area contributed by atoms with E-state index in [-0.39, 0.29) is 5.69 Å². The number of hydrogen-bond donors (Lipinski definition) is 2.